The number of benzene rings is 1. The van der Waals surface area contributed by atoms with Crippen molar-refractivity contribution in [2.75, 3.05) is 0 Å². The van der Waals surface area contributed by atoms with E-state index >= 15 is 0 Å². The average molecular weight is 253 g/mol. The van der Waals surface area contributed by atoms with E-state index in [4.69, 9.17) is 10.5 Å². The van der Waals surface area contributed by atoms with Crippen molar-refractivity contribution in [3.63, 3.8) is 0 Å². The fraction of sp³-hybridized carbons (Fsp3) is 0.273. The van der Waals surface area contributed by atoms with Crippen LogP contribution >= 0.6 is 12.2 Å². The predicted octanol–water partition coefficient (Wildman–Crippen LogP) is 1.35. The largest absolute Gasteiger partial charge is 0.507 e. The SMILES string of the molecule is CC(C)Oc1ccc(C=NNC(N)=S)c(O)c1. The normalized spacial score (nSPS) is 10.8. The molecule has 0 radical (unpaired) electrons. The van der Waals surface area contributed by atoms with Gasteiger partial charge in [0.05, 0.1) is 12.3 Å². The fourth-order valence-corrected chi connectivity index (χ4v) is 1.20. The number of rotatable bonds is 4. The van der Waals surface area contributed by atoms with Gasteiger partial charge in [-0.3, -0.25) is 5.43 Å². The Morgan fingerprint density at radius 2 is 2.29 bits per heavy atom. The Morgan fingerprint density at radius 1 is 1.59 bits per heavy atom. The Labute approximate surface area is 105 Å². The van der Waals surface area contributed by atoms with Crippen LogP contribution in [-0.4, -0.2) is 22.5 Å². The van der Waals surface area contributed by atoms with Gasteiger partial charge in [0.2, 0.25) is 0 Å². The summed E-state index contributed by atoms with van der Waals surface area (Å²) in [6, 6.07) is 4.97. The molecule has 0 unspecified atom stereocenters. The molecule has 0 spiro atoms. The van der Waals surface area contributed by atoms with Gasteiger partial charge in [0.15, 0.2) is 5.11 Å². The van der Waals surface area contributed by atoms with Crippen LogP contribution < -0.4 is 15.9 Å². The van der Waals surface area contributed by atoms with Crippen LogP contribution in [0.25, 0.3) is 0 Å². The van der Waals surface area contributed by atoms with E-state index in [-0.39, 0.29) is 17.0 Å². The average Bonchev–Trinajstić information content (AvgIpc) is 2.20. The summed E-state index contributed by atoms with van der Waals surface area (Å²) >= 11 is 4.58. The highest BCUT2D eigenvalue weighted by molar-refractivity contribution is 7.80. The van der Waals surface area contributed by atoms with Crippen molar-refractivity contribution < 1.29 is 9.84 Å². The Hall–Kier alpha value is -1.82. The van der Waals surface area contributed by atoms with E-state index in [0.717, 1.165) is 0 Å². The molecule has 4 N–H and O–H groups in total. The number of phenolic OH excluding ortho intramolecular Hbond substituents is 1. The quantitative estimate of drug-likeness (QED) is 0.429. The van der Waals surface area contributed by atoms with Gasteiger partial charge >= 0.3 is 0 Å². The zero-order valence-corrected chi connectivity index (χ0v) is 10.5. The lowest BCUT2D eigenvalue weighted by molar-refractivity contribution is 0.241. The second kappa shape index (κ2) is 6.05. The van der Waals surface area contributed by atoms with E-state index in [1.165, 1.54) is 12.3 Å². The van der Waals surface area contributed by atoms with Crippen LogP contribution in [0.5, 0.6) is 11.5 Å². The van der Waals surface area contributed by atoms with Gasteiger partial charge in [-0.1, -0.05) is 0 Å². The molecule has 0 heterocycles. The van der Waals surface area contributed by atoms with Crippen molar-refractivity contribution in [1.82, 2.24) is 5.43 Å². The number of nitrogens with two attached hydrogens (primary N) is 1. The van der Waals surface area contributed by atoms with Crippen LogP contribution in [0.2, 0.25) is 0 Å². The van der Waals surface area contributed by atoms with Crippen LogP contribution in [-0.2, 0) is 0 Å². The number of hydrazone groups is 1. The summed E-state index contributed by atoms with van der Waals surface area (Å²) in [7, 11) is 0. The maximum absolute atomic E-state index is 9.71. The molecule has 0 saturated carbocycles. The molecule has 1 aromatic rings. The van der Waals surface area contributed by atoms with Gasteiger partial charge < -0.3 is 15.6 Å². The van der Waals surface area contributed by atoms with E-state index in [0.29, 0.717) is 11.3 Å². The van der Waals surface area contributed by atoms with Crippen molar-refractivity contribution in [3.05, 3.63) is 23.8 Å². The van der Waals surface area contributed by atoms with E-state index in [1.807, 2.05) is 13.8 Å². The third-order valence-corrected chi connectivity index (χ3v) is 1.84. The molecule has 0 aliphatic heterocycles. The predicted molar refractivity (Wildman–Crippen MR) is 71.4 cm³/mol. The molecular formula is C11H15N3O2S. The maximum Gasteiger partial charge on any atom is 0.184 e. The molecule has 5 nitrogen and oxygen atoms in total. The summed E-state index contributed by atoms with van der Waals surface area (Å²) in [5.74, 6) is 0.689. The monoisotopic (exact) mass is 253 g/mol. The Kier molecular flexibility index (Phi) is 4.71. The van der Waals surface area contributed by atoms with Crippen LogP contribution in [0.15, 0.2) is 23.3 Å². The minimum Gasteiger partial charge on any atom is -0.507 e. The summed E-state index contributed by atoms with van der Waals surface area (Å²) in [5.41, 5.74) is 8.15. The number of aromatic hydroxyl groups is 1. The topological polar surface area (TPSA) is 79.9 Å². The first-order valence-electron chi connectivity index (χ1n) is 5.07. The lowest BCUT2D eigenvalue weighted by Gasteiger charge is -2.10. The van der Waals surface area contributed by atoms with Crippen molar-refractivity contribution >= 4 is 23.5 Å². The second-order valence-electron chi connectivity index (χ2n) is 3.62. The molecule has 0 aliphatic carbocycles. The van der Waals surface area contributed by atoms with Gasteiger partial charge in [-0.05, 0) is 38.2 Å². The second-order valence-corrected chi connectivity index (χ2v) is 4.06. The summed E-state index contributed by atoms with van der Waals surface area (Å²) in [4.78, 5) is 0. The van der Waals surface area contributed by atoms with Gasteiger partial charge in [-0.25, -0.2) is 0 Å². The first kappa shape index (κ1) is 13.2. The van der Waals surface area contributed by atoms with Gasteiger partial charge in [-0.2, -0.15) is 5.10 Å². The van der Waals surface area contributed by atoms with Crippen molar-refractivity contribution in [1.29, 1.82) is 0 Å². The van der Waals surface area contributed by atoms with Crippen LogP contribution in [0, 0.1) is 0 Å². The summed E-state index contributed by atoms with van der Waals surface area (Å²) in [5, 5.41) is 13.5. The van der Waals surface area contributed by atoms with Crippen molar-refractivity contribution in [2.24, 2.45) is 10.8 Å². The zero-order valence-electron chi connectivity index (χ0n) is 9.68. The lowest BCUT2D eigenvalue weighted by atomic mass is 10.2. The number of phenols is 1. The van der Waals surface area contributed by atoms with E-state index < -0.39 is 0 Å². The lowest BCUT2D eigenvalue weighted by Crippen LogP contribution is -2.23. The molecule has 0 aromatic heterocycles. The van der Waals surface area contributed by atoms with Crippen LogP contribution in [0.3, 0.4) is 0 Å². The molecule has 17 heavy (non-hydrogen) atoms. The summed E-state index contributed by atoms with van der Waals surface area (Å²) in [6.45, 7) is 3.83. The van der Waals surface area contributed by atoms with E-state index in [1.54, 1.807) is 12.1 Å². The molecule has 0 bridgehead atoms. The summed E-state index contributed by atoms with van der Waals surface area (Å²) in [6.07, 6.45) is 1.48. The highest BCUT2D eigenvalue weighted by Gasteiger charge is 2.02. The van der Waals surface area contributed by atoms with E-state index in [9.17, 15) is 5.11 Å². The van der Waals surface area contributed by atoms with Gasteiger partial charge in [-0.15, -0.1) is 0 Å². The minimum atomic E-state index is 0.0604. The first-order valence-corrected chi connectivity index (χ1v) is 5.48. The Bertz CT molecular complexity index is 433. The number of nitrogens with one attached hydrogen (secondary N) is 1. The van der Waals surface area contributed by atoms with Crippen LogP contribution in [0.1, 0.15) is 19.4 Å². The van der Waals surface area contributed by atoms with Gasteiger partial charge in [0, 0.05) is 11.6 Å². The molecule has 92 valence electrons. The standard InChI is InChI=1S/C11H15N3O2S/c1-7(2)16-9-4-3-8(10(15)5-9)6-13-14-11(12)17/h3-7,15H,1-2H3,(H3,12,14,17). The number of thiocarbonyl (C=S) groups is 1. The molecule has 0 amide bonds. The Balaban J connectivity index is 2.75. The van der Waals surface area contributed by atoms with Gasteiger partial charge in [0.25, 0.3) is 0 Å². The zero-order chi connectivity index (χ0) is 12.8. The highest BCUT2D eigenvalue weighted by Crippen LogP contribution is 2.22. The summed E-state index contributed by atoms with van der Waals surface area (Å²) < 4.78 is 5.43. The molecule has 1 aromatic carbocycles. The number of hydrogen-bond acceptors (Lipinski definition) is 4. The number of ether oxygens (including phenoxy) is 1. The highest BCUT2D eigenvalue weighted by atomic mass is 32.1. The van der Waals surface area contributed by atoms with Crippen molar-refractivity contribution in [3.8, 4) is 11.5 Å². The molecule has 1 rings (SSSR count). The first-order chi connectivity index (χ1) is 7.99. The number of nitrogens with zero attached hydrogens (tertiary/aromatic N) is 1. The Morgan fingerprint density at radius 3 is 2.82 bits per heavy atom. The van der Waals surface area contributed by atoms with Crippen molar-refractivity contribution in [2.45, 2.75) is 20.0 Å². The van der Waals surface area contributed by atoms with Crippen LogP contribution in [0.4, 0.5) is 0 Å². The molecule has 0 atom stereocenters. The molecule has 0 fully saturated rings. The smallest absolute Gasteiger partial charge is 0.184 e. The minimum absolute atomic E-state index is 0.0604. The number of hydrogen-bond donors (Lipinski definition) is 3. The van der Waals surface area contributed by atoms with Gasteiger partial charge in [0.1, 0.15) is 11.5 Å². The third-order valence-electron chi connectivity index (χ3n) is 1.75. The fourth-order valence-electron chi connectivity index (χ4n) is 1.14. The molecule has 6 heteroatoms. The maximum atomic E-state index is 9.71. The molecule has 0 aliphatic rings. The molecule has 0 saturated heterocycles. The molecular weight excluding hydrogens is 238 g/mol. The third kappa shape index (κ3) is 4.69. The van der Waals surface area contributed by atoms with E-state index in [2.05, 4.69) is 22.7 Å².